The lowest BCUT2D eigenvalue weighted by Gasteiger charge is -2.13. The Morgan fingerprint density at radius 3 is 2.81 bits per heavy atom. The van der Waals surface area contributed by atoms with Gasteiger partial charge in [-0.3, -0.25) is 9.67 Å². The molecule has 1 aliphatic carbocycles. The van der Waals surface area contributed by atoms with Crippen LogP contribution in [0.5, 0.6) is 5.88 Å². The average molecular weight is 434 g/mol. The number of pyridine rings is 1. The van der Waals surface area contributed by atoms with Crippen molar-refractivity contribution in [1.82, 2.24) is 24.7 Å². The van der Waals surface area contributed by atoms with Crippen molar-refractivity contribution in [3.63, 3.8) is 0 Å². The maximum absolute atomic E-state index is 6.55. The molecule has 1 aliphatic rings. The van der Waals surface area contributed by atoms with Gasteiger partial charge in [-0.15, -0.1) is 0 Å². The number of hydrogen-bond acceptors (Lipinski definition) is 5. The first kappa shape index (κ1) is 19.9. The van der Waals surface area contributed by atoms with Gasteiger partial charge in [-0.2, -0.15) is 5.10 Å². The maximum Gasteiger partial charge on any atom is 0.232 e. The number of benzene rings is 1. The highest BCUT2D eigenvalue weighted by Crippen LogP contribution is 2.34. The Morgan fingerprint density at radius 1 is 1.13 bits per heavy atom. The molecular weight excluding hydrogens is 410 g/mol. The van der Waals surface area contributed by atoms with Gasteiger partial charge in [0.1, 0.15) is 17.1 Å². The molecule has 4 aromatic rings. The van der Waals surface area contributed by atoms with Gasteiger partial charge >= 0.3 is 0 Å². The molecule has 0 N–H and O–H groups in total. The molecule has 1 aromatic carbocycles. The molecule has 0 spiro atoms. The smallest absolute Gasteiger partial charge is 0.232 e. The zero-order valence-corrected chi connectivity index (χ0v) is 18.2. The number of ether oxygens (including phenoxy) is 1. The van der Waals surface area contributed by atoms with E-state index >= 15 is 0 Å². The Labute approximate surface area is 186 Å². The zero-order valence-electron chi connectivity index (χ0n) is 17.5. The molecule has 7 heteroatoms. The molecule has 0 bridgehead atoms. The molecule has 5 rings (SSSR count). The molecule has 158 valence electrons. The quantitative estimate of drug-likeness (QED) is 0.390. The molecular formula is C24H24ClN5O. The first-order chi connectivity index (χ1) is 15.2. The van der Waals surface area contributed by atoms with Gasteiger partial charge in [-0.25, -0.2) is 9.97 Å². The summed E-state index contributed by atoms with van der Waals surface area (Å²) in [6, 6.07) is 9.74. The van der Waals surface area contributed by atoms with E-state index in [0.717, 1.165) is 34.5 Å². The Morgan fingerprint density at radius 2 is 2.00 bits per heavy atom. The molecule has 6 nitrogen and oxygen atoms in total. The highest BCUT2D eigenvalue weighted by atomic mass is 35.5. The minimum atomic E-state index is 0.523. The number of rotatable bonds is 6. The fourth-order valence-corrected chi connectivity index (χ4v) is 4.56. The number of fused-ring (bicyclic) bond motifs is 1. The first-order valence-corrected chi connectivity index (χ1v) is 11.1. The highest BCUT2D eigenvalue weighted by molar-refractivity contribution is 6.35. The van der Waals surface area contributed by atoms with Gasteiger partial charge in [0.25, 0.3) is 0 Å². The Hall–Kier alpha value is -2.99. The van der Waals surface area contributed by atoms with Crippen LogP contribution in [0.15, 0.2) is 48.9 Å². The van der Waals surface area contributed by atoms with Crippen molar-refractivity contribution in [2.45, 2.75) is 32.1 Å². The summed E-state index contributed by atoms with van der Waals surface area (Å²) < 4.78 is 7.75. The van der Waals surface area contributed by atoms with Crippen molar-refractivity contribution in [3.8, 4) is 28.5 Å². The van der Waals surface area contributed by atoms with Crippen LogP contribution in [0.1, 0.15) is 32.1 Å². The van der Waals surface area contributed by atoms with Crippen LogP contribution in [0.3, 0.4) is 0 Å². The average Bonchev–Trinajstić information content (AvgIpc) is 3.45. The van der Waals surface area contributed by atoms with Gasteiger partial charge < -0.3 is 4.74 Å². The van der Waals surface area contributed by atoms with Crippen LogP contribution < -0.4 is 4.74 Å². The van der Waals surface area contributed by atoms with E-state index < -0.39 is 0 Å². The van der Waals surface area contributed by atoms with E-state index in [1.165, 1.54) is 25.7 Å². The molecule has 0 amide bonds. The van der Waals surface area contributed by atoms with Crippen LogP contribution in [-0.2, 0) is 7.05 Å². The lowest BCUT2D eigenvalue weighted by molar-refractivity contribution is 0.269. The van der Waals surface area contributed by atoms with Crippen LogP contribution in [0, 0.1) is 5.92 Å². The number of aromatic nitrogens is 5. The third kappa shape index (κ3) is 4.26. The van der Waals surface area contributed by atoms with Crippen molar-refractivity contribution in [2.24, 2.45) is 13.0 Å². The zero-order chi connectivity index (χ0) is 21.2. The van der Waals surface area contributed by atoms with Crippen LogP contribution >= 0.6 is 11.6 Å². The van der Waals surface area contributed by atoms with Crippen molar-refractivity contribution in [3.05, 3.63) is 53.9 Å². The third-order valence-corrected chi connectivity index (χ3v) is 6.18. The summed E-state index contributed by atoms with van der Waals surface area (Å²) in [6.45, 7) is 0.657. The SMILES string of the molecule is Cn1ccc(-c2ncc(OCCC3CCCC3)nc2-c2cc(Cl)c3ncccc3c2)n1. The molecule has 1 fully saturated rings. The summed E-state index contributed by atoms with van der Waals surface area (Å²) in [5, 5.41) is 6.05. The van der Waals surface area contributed by atoms with E-state index in [-0.39, 0.29) is 0 Å². The molecule has 0 atom stereocenters. The van der Waals surface area contributed by atoms with Gasteiger partial charge in [0, 0.05) is 30.4 Å². The number of halogens is 1. The summed E-state index contributed by atoms with van der Waals surface area (Å²) in [4.78, 5) is 13.9. The second-order valence-electron chi connectivity index (χ2n) is 8.10. The predicted octanol–water partition coefficient (Wildman–Crippen LogP) is 5.70. The van der Waals surface area contributed by atoms with E-state index in [9.17, 15) is 0 Å². The number of nitrogens with zero attached hydrogens (tertiary/aromatic N) is 5. The number of aryl methyl sites for hydroxylation is 1. The van der Waals surface area contributed by atoms with Gasteiger partial charge in [0.15, 0.2) is 0 Å². The third-order valence-electron chi connectivity index (χ3n) is 5.89. The summed E-state index contributed by atoms with van der Waals surface area (Å²) in [6.07, 6.45) is 11.7. The normalized spacial score (nSPS) is 14.4. The monoisotopic (exact) mass is 433 g/mol. The van der Waals surface area contributed by atoms with Crippen molar-refractivity contribution < 1.29 is 4.74 Å². The summed E-state index contributed by atoms with van der Waals surface area (Å²) >= 11 is 6.55. The Kier molecular flexibility index (Phi) is 5.55. The van der Waals surface area contributed by atoms with E-state index in [4.69, 9.17) is 21.3 Å². The fraction of sp³-hybridized carbons (Fsp3) is 0.333. The van der Waals surface area contributed by atoms with Crippen LogP contribution in [0.2, 0.25) is 5.02 Å². The molecule has 31 heavy (non-hydrogen) atoms. The van der Waals surface area contributed by atoms with Gasteiger partial charge in [-0.05, 0) is 36.6 Å². The van der Waals surface area contributed by atoms with Crippen molar-refractivity contribution in [2.75, 3.05) is 6.61 Å². The van der Waals surface area contributed by atoms with E-state index in [2.05, 4.69) is 15.1 Å². The Balaban J connectivity index is 1.52. The fourth-order valence-electron chi connectivity index (χ4n) is 4.29. The van der Waals surface area contributed by atoms with Crippen LogP contribution in [0.4, 0.5) is 0 Å². The van der Waals surface area contributed by atoms with Gasteiger partial charge in [-0.1, -0.05) is 43.4 Å². The predicted molar refractivity (Wildman–Crippen MR) is 122 cm³/mol. The summed E-state index contributed by atoms with van der Waals surface area (Å²) in [5.41, 5.74) is 3.78. The minimum Gasteiger partial charge on any atom is -0.477 e. The summed E-state index contributed by atoms with van der Waals surface area (Å²) in [5.74, 6) is 1.29. The topological polar surface area (TPSA) is 65.7 Å². The molecule has 3 heterocycles. The second-order valence-corrected chi connectivity index (χ2v) is 8.51. The molecule has 3 aromatic heterocycles. The lowest BCUT2D eigenvalue weighted by atomic mass is 10.0. The van der Waals surface area contributed by atoms with E-state index in [1.807, 2.05) is 43.6 Å². The second kappa shape index (κ2) is 8.63. The first-order valence-electron chi connectivity index (χ1n) is 10.7. The maximum atomic E-state index is 6.55. The van der Waals surface area contributed by atoms with E-state index in [1.54, 1.807) is 17.1 Å². The number of hydrogen-bond donors (Lipinski definition) is 0. The highest BCUT2D eigenvalue weighted by Gasteiger charge is 2.18. The van der Waals surface area contributed by atoms with Crippen molar-refractivity contribution >= 4 is 22.5 Å². The largest absolute Gasteiger partial charge is 0.477 e. The minimum absolute atomic E-state index is 0.523. The summed E-state index contributed by atoms with van der Waals surface area (Å²) in [7, 11) is 1.88. The standard InChI is InChI=1S/C24H24ClN5O/c1-30-11-8-20(29-30)24-23(18-13-17-7-4-10-26-22(17)19(25)14-18)28-21(15-27-24)31-12-9-16-5-2-3-6-16/h4,7-8,10-11,13-16H,2-3,5-6,9,12H2,1H3. The van der Waals surface area contributed by atoms with Crippen molar-refractivity contribution in [1.29, 1.82) is 0 Å². The van der Waals surface area contributed by atoms with Gasteiger partial charge in [0.05, 0.1) is 23.3 Å². The lowest BCUT2D eigenvalue weighted by Crippen LogP contribution is -2.06. The molecule has 0 radical (unpaired) electrons. The van der Waals surface area contributed by atoms with Crippen LogP contribution in [0.25, 0.3) is 33.5 Å². The molecule has 1 saturated carbocycles. The van der Waals surface area contributed by atoms with E-state index in [0.29, 0.717) is 28.9 Å². The molecule has 0 saturated heterocycles. The molecule has 0 aliphatic heterocycles. The van der Waals surface area contributed by atoms with Crippen LogP contribution in [-0.4, -0.2) is 31.3 Å². The van der Waals surface area contributed by atoms with Gasteiger partial charge in [0.2, 0.25) is 5.88 Å². The molecule has 0 unspecified atom stereocenters. The Bertz CT molecular complexity index is 1220.